The lowest BCUT2D eigenvalue weighted by Crippen LogP contribution is -2.41. The number of thiophene rings is 1. The van der Waals surface area contributed by atoms with Gasteiger partial charge in [0.2, 0.25) is 5.91 Å². The quantitative estimate of drug-likeness (QED) is 0.434. The third-order valence-corrected chi connectivity index (χ3v) is 11.0. The van der Waals surface area contributed by atoms with Gasteiger partial charge in [-0.05, 0) is 88.0 Å². The highest BCUT2D eigenvalue weighted by atomic mass is 32.2. The van der Waals surface area contributed by atoms with Crippen LogP contribution in [0.25, 0.3) is 10.2 Å². The predicted octanol–water partition coefficient (Wildman–Crippen LogP) is 5.48. The lowest BCUT2D eigenvalue weighted by atomic mass is 9.84. The summed E-state index contributed by atoms with van der Waals surface area (Å²) in [6.45, 7) is 2.18. The minimum atomic E-state index is 0.0769. The summed E-state index contributed by atoms with van der Waals surface area (Å²) < 4.78 is 1.97. The number of thioether (sulfide) groups is 1. The Balaban J connectivity index is 1.23. The SMILES string of the molecule is C[C@H](NC(=O)CSc1nc2sc3c(c2c(=O)n1C1CCCC1)CCCC3)[C@@H]1C[C@H]2CC[C@H]1C2. The molecule has 4 aliphatic rings. The number of carbonyl (C=O) groups excluding carboxylic acids is 1. The van der Waals surface area contributed by atoms with E-state index in [4.69, 9.17) is 4.98 Å². The molecule has 2 heterocycles. The van der Waals surface area contributed by atoms with Crippen LogP contribution < -0.4 is 10.9 Å². The minimum Gasteiger partial charge on any atom is -0.353 e. The van der Waals surface area contributed by atoms with Crippen LogP contribution in [0.3, 0.4) is 0 Å². The maximum Gasteiger partial charge on any atom is 0.263 e. The molecule has 1 amide bonds. The molecular formula is C26H35N3O2S2. The topological polar surface area (TPSA) is 64.0 Å². The van der Waals surface area contributed by atoms with E-state index in [1.165, 1.54) is 73.6 Å². The first-order valence-corrected chi connectivity index (χ1v) is 14.9. The van der Waals surface area contributed by atoms with E-state index >= 15 is 0 Å². The van der Waals surface area contributed by atoms with Crippen molar-refractivity contribution in [2.24, 2.45) is 17.8 Å². The van der Waals surface area contributed by atoms with Gasteiger partial charge in [-0.2, -0.15) is 0 Å². The van der Waals surface area contributed by atoms with E-state index in [9.17, 15) is 9.59 Å². The third kappa shape index (κ3) is 4.07. The Morgan fingerprint density at radius 1 is 1.15 bits per heavy atom. The van der Waals surface area contributed by atoms with Crippen LogP contribution in [0.2, 0.25) is 0 Å². The first-order chi connectivity index (χ1) is 16.1. The fourth-order valence-corrected chi connectivity index (χ4v) is 9.40. The van der Waals surface area contributed by atoms with Crippen molar-refractivity contribution in [3.63, 3.8) is 0 Å². The summed E-state index contributed by atoms with van der Waals surface area (Å²) in [5.74, 6) is 2.75. The molecule has 5 nitrogen and oxygen atoms in total. The maximum atomic E-state index is 13.8. The molecule has 3 fully saturated rings. The van der Waals surface area contributed by atoms with E-state index in [1.807, 2.05) is 4.57 Å². The van der Waals surface area contributed by atoms with E-state index in [1.54, 1.807) is 11.3 Å². The molecule has 6 rings (SSSR count). The number of hydrogen-bond donors (Lipinski definition) is 1. The van der Waals surface area contributed by atoms with Crippen molar-refractivity contribution in [2.45, 2.75) is 101 Å². The first kappa shape index (κ1) is 22.1. The van der Waals surface area contributed by atoms with Gasteiger partial charge in [-0.3, -0.25) is 14.2 Å². The summed E-state index contributed by atoms with van der Waals surface area (Å²) in [4.78, 5) is 33.9. The number of nitrogens with one attached hydrogen (secondary N) is 1. The number of carbonyl (C=O) groups is 1. The number of rotatable bonds is 6. The fraction of sp³-hybridized carbons (Fsp3) is 0.731. The standard InChI is InChI=1S/C26H35N3O2S2/c1-15(20-13-16-10-11-17(20)12-16)27-22(30)14-32-26-28-24-23(19-8-4-5-9-21(19)33-24)25(31)29(26)18-6-2-3-7-18/h15-18,20H,2-14H2,1H3,(H,27,30)/t15-,16-,17-,20-/m0/s1. The Labute approximate surface area is 204 Å². The van der Waals surface area contributed by atoms with Gasteiger partial charge in [-0.25, -0.2) is 4.98 Å². The monoisotopic (exact) mass is 485 g/mol. The van der Waals surface area contributed by atoms with Crippen LogP contribution in [0, 0.1) is 17.8 Å². The van der Waals surface area contributed by atoms with Crippen molar-refractivity contribution < 1.29 is 4.79 Å². The molecule has 2 bridgehead atoms. The van der Waals surface area contributed by atoms with Crippen LogP contribution in [0.5, 0.6) is 0 Å². The van der Waals surface area contributed by atoms with E-state index in [0.717, 1.165) is 52.9 Å². The largest absolute Gasteiger partial charge is 0.353 e. The highest BCUT2D eigenvalue weighted by Gasteiger charge is 2.42. The molecule has 0 radical (unpaired) electrons. The Bertz CT molecular complexity index is 1120. The predicted molar refractivity (Wildman–Crippen MR) is 135 cm³/mol. The van der Waals surface area contributed by atoms with Crippen molar-refractivity contribution in [3.05, 3.63) is 20.8 Å². The number of fused-ring (bicyclic) bond motifs is 5. The molecule has 0 aromatic carbocycles. The van der Waals surface area contributed by atoms with Crippen molar-refractivity contribution in [2.75, 3.05) is 5.75 Å². The van der Waals surface area contributed by atoms with E-state index in [-0.39, 0.29) is 23.6 Å². The molecule has 7 heteroatoms. The summed E-state index contributed by atoms with van der Waals surface area (Å²) in [5, 5.41) is 4.91. The van der Waals surface area contributed by atoms with Gasteiger partial charge in [0.15, 0.2) is 5.16 Å². The van der Waals surface area contributed by atoms with Crippen LogP contribution in [0.15, 0.2) is 9.95 Å². The Hall–Kier alpha value is -1.34. The Morgan fingerprint density at radius 3 is 2.73 bits per heavy atom. The van der Waals surface area contributed by atoms with Crippen LogP contribution in [0.4, 0.5) is 0 Å². The Morgan fingerprint density at radius 2 is 1.97 bits per heavy atom. The first-order valence-electron chi connectivity index (χ1n) is 13.1. The van der Waals surface area contributed by atoms with Crippen LogP contribution >= 0.6 is 23.1 Å². The zero-order chi connectivity index (χ0) is 22.5. The number of nitrogens with zero attached hydrogens (tertiary/aromatic N) is 2. The van der Waals surface area contributed by atoms with Crippen LogP contribution in [0.1, 0.15) is 87.6 Å². The number of aromatic nitrogens is 2. The normalized spacial score (nSPS) is 27.8. The Kier molecular flexibility index (Phi) is 6.06. The lowest BCUT2D eigenvalue weighted by molar-refractivity contribution is -0.119. The lowest BCUT2D eigenvalue weighted by Gasteiger charge is -2.28. The van der Waals surface area contributed by atoms with E-state index in [0.29, 0.717) is 11.7 Å². The molecular weight excluding hydrogens is 450 g/mol. The summed E-state index contributed by atoms with van der Waals surface area (Å²) in [6, 6.07) is 0.469. The van der Waals surface area contributed by atoms with Gasteiger partial charge in [-0.1, -0.05) is 31.0 Å². The maximum absolute atomic E-state index is 13.8. The summed E-state index contributed by atoms with van der Waals surface area (Å²) in [7, 11) is 0. The van der Waals surface area contributed by atoms with E-state index < -0.39 is 0 Å². The molecule has 4 atom stereocenters. The molecule has 4 aliphatic carbocycles. The molecule has 0 unspecified atom stereocenters. The molecule has 2 aromatic rings. The van der Waals surface area contributed by atoms with Gasteiger partial charge in [0.1, 0.15) is 4.83 Å². The molecule has 1 N–H and O–H groups in total. The van der Waals surface area contributed by atoms with Gasteiger partial charge < -0.3 is 5.32 Å². The molecule has 0 aliphatic heterocycles. The minimum absolute atomic E-state index is 0.0769. The van der Waals surface area contributed by atoms with Crippen LogP contribution in [-0.2, 0) is 17.6 Å². The van der Waals surface area contributed by atoms with Gasteiger partial charge >= 0.3 is 0 Å². The van der Waals surface area contributed by atoms with Crippen molar-refractivity contribution in [3.8, 4) is 0 Å². The van der Waals surface area contributed by atoms with Gasteiger partial charge in [-0.15, -0.1) is 11.3 Å². The smallest absolute Gasteiger partial charge is 0.263 e. The fourth-order valence-electron chi connectivity index (χ4n) is 7.22. The number of aryl methyl sites for hydroxylation is 2. The van der Waals surface area contributed by atoms with Gasteiger partial charge in [0, 0.05) is 17.0 Å². The average molecular weight is 486 g/mol. The molecule has 0 spiro atoms. The van der Waals surface area contributed by atoms with Gasteiger partial charge in [0.25, 0.3) is 5.56 Å². The third-order valence-electron chi connectivity index (χ3n) is 8.83. The van der Waals surface area contributed by atoms with Crippen molar-refractivity contribution in [1.82, 2.24) is 14.9 Å². The second kappa shape index (κ2) is 9.03. The zero-order valence-corrected chi connectivity index (χ0v) is 21.2. The van der Waals surface area contributed by atoms with Crippen LogP contribution in [-0.4, -0.2) is 27.3 Å². The van der Waals surface area contributed by atoms with E-state index in [2.05, 4.69) is 12.2 Å². The molecule has 2 aromatic heterocycles. The van der Waals surface area contributed by atoms with Crippen molar-refractivity contribution in [1.29, 1.82) is 0 Å². The molecule has 3 saturated carbocycles. The van der Waals surface area contributed by atoms with Crippen molar-refractivity contribution >= 4 is 39.2 Å². The molecule has 178 valence electrons. The second-order valence-electron chi connectivity index (χ2n) is 10.9. The average Bonchev–Trinajstić information content (AvgIpc) is 3.61. The molecule has 33 heavy (non-hydrogen) atoms. The zero-order valence-electron chi connectivity index (χ0n) is 19.6. The highest BCUT2D eigenvalue weighted by molar-refractivity contribution is 7.99. The summed E-state index contributed by atoms with van der Waals surface area (Å²) in [6.07, 6.45) is 14.2. The highest BCUT2D eigenvalue weighted by Crippen LogP contribution is 2.49. The number of hydrogen-bond acceptors (Lipinski definition) is 5. The summed E-state index contributed by atoms with van der Waals surface area (Å²) in [5.41, 5.74) is 1.41. The molecule has 0 saturated heterocycles. The summed E-state index contributed by atoms with van der Waals surface area (Å²) >= 11 is 3.17. The number of amides is 1. The second-order valence-corrected chi connectivity index (χ2v) is 12.9. The van der Waals surface area contributed by atoms with Gasteiger partial charge in [0.05, 0.1) is 11.1 Å².